The van der Waals surface area contributed by atoms with E-state index >= 15 is 0 Å². The molecule has 0 aliphatic rings. The van der Waals surface area contributed by atoms with Crippen molar-refractivity contribution in [1.29, 1.82) is 0 Å². The van der Waals surface area contributed by atoms with Gasteiger partial charge in [0, 0.05) is 6.04 Å². The van der Waals surface area contributed by atoms with Crippen LogP contribution in [0.4, 0.5) is 0 Å². The second-order valence-electron chi connectivity index (χ2n) is 4.86. The van der Waals surface area contributed by atoms with Crippen molar-refractivity contribution in [3.63, 3.8) is 0 Å². The molecule has 2 aromatic rings. The number of benzene rings is 1. The molecule has 4 nitrogen and oxygen atoms in total. The van der Waals surface area contributed by atoms with Crippen LogP contribution in [0.15, 0.2) is 42.6 Å². The summed E-state index contributed by atoms with van der Waals surface area (Å²) in [6.45, 7) is 4.85. The van der Waals surface area contributed by atoms with Crippen molar-refractivity contribution < 1.29 is 9.47 Å². The summed E-state index contributed by atoms with van der Waals surface area (Å²) in [6.07, 6.45) is 3.56. The van der Waals surface area contributed by atoms with Gasteiger partial charge in [0.05, 0.1) is 18.5 Å². The summed E-state index contributed by atoms with van der Waals surface area (Å²) in [4.78, 5) is 4.33. The molecular weight excluding hydrogens is 264 g/mol. The summed E-state index contributed by atoms with van der Waals surface area (Å²) >= 11 is 0. The van der Waals surface area contributed by atoms with Crippen LogP contribution in [0.3, 0.4) is 0 Å². The van der Waals surface area contributed by atoms with Gasteiger partial charge in [-0.3, -0.25) is 4.98 Å². The Bertz CT molecular complexity index is 538. The molecule has 0 amide bonds. The van der Waals surface area contributed by atoms with Gasteiger partial charge in [-0.2, -0.15) is 0 Å². The molecule has 1 aromatic carbocycles. The molecule has 0 saturated carbocycles. The SMILES string of the molecule is CCCOc1ccc(Oc2ccc(C(N)CC)nc2)cc1. The van der Waals surface area contributed by atoms with Crippen LogP contribution in [0, 0.1) is 0 Å². The van der Waals surface area contributed by atoms with Gasteiger partial charge in [0.15, 0.2) is 0 Å². The van der Waals surface area contributed by atoms with E-state index in [4.69, 9.17) is 15.2 Å². The number of nitrogens with zero attached hydrogens (tertiary/aromatic N) is 1. The third-order valence-electron chi connectivity index (χ3n) is 3.11. The van der Waals surface area contributed by atoms with Crippen molar-refractivity contribution in [1.82, 2.24) is 4.98 Å². The van der Waals surface area contributed by atoms with Crippen molar-refractivity contribution in [3.05, 3.63) is 48.3 Å². The van der Waals surface area contributed by atoms with Crippen LogP contribution in [0.2, 0.25) is 0 Å². The fraction of sp³-hybridized carbons (Fsp3) is 0.353. The molecule has 112 valence electrons. The standard InChI is InChI=1S/C17H22N2O2/c1-3-11-20-13-5-7-14(8-6-13)21-15-9-10-17(19-12-15)16(18)4-2/h5-10,12,16H,3-4,11,18H2,1-2H3. The van der Waals surface area contributed by atoms with E-state index in [0.717, 1.165) is 36.6 Å². The van der Waals surface area contributed by atoms with Crippen LogP contribution in [0.5, 0.6) is 17.2 Å². The Morgan fingerprint density at radius 1 is 1.00 bits per heavy atom. The first-order valence-corrected chi connectivity index (χ1v) is 7.35. The number of hydrogen-bond acceptors (Lipinski definition) is 4. The molecule has 2 rings (SSSR count). The average molecular weight is 286 g/mol. The Kier molecular flexibility index (Phi) is 5.58. The van der Waals surface area contributed by atoms with E-state index in [1.807, 2.05) is 43.3 Å². The lowest BCUT2D eigenvalue weighted by Crippen LogP contribution is -2.10. The minimum absolute atomic E-state index is 0.0194. The lowest BCUT2D eigenvalue weighted by molar-refractivity contribution is 0.317. The summed E-state index contributed by atoms with van der Waals surface area (Å²) in [5.41, 5.74) is 6.82. The molecule has 2 N–H and O–H groups in total. The number of aromatic nitrogens is 1. The molecule has 0 spiro atoms. The van der Waals surface area contributed by atoms with Gasteiger partial charge in [-0.15, -0.1) is 0 Å². The fourth-order valence-electron chi connectivity index (χ4n) is 1.84. The van der Waals surface area contributed by atoms with Crippen LogP contribution in [-0.4, -0.2) is 11.6 Å². The van der Waals surface area contributed by atoms with Crippen LogP contribution >= 0.6 is 0 Å². The van der Waals surface area contributed by atoms with Gasteiger partial charge in [-0.1, -0.05) is 13.8 Å². The molecule has 4 heteroatoms. The van der Waals surface area contributed by atoms with E-state index in [2.05, 4.69) is 11.9 Å². The minimum Gasteiger partial charge on any atom is -0.494 e. The molecule has 0 saturated heterocycles. The highest BCUT2D eigenvalue weighted by Crippen LogP contribution is 2.24. The highest BCUT2D eigenvalue weighted by molar-refractivity contribution is 5.35. The van der Waals surface area contributed by atoms with Gasteiger partial charge in [-0.25, -0.2) is 0 Å². The number of hydrogen-bond donors (Lipinski definition) is 1. The Morgan fingerprint density at radius 3 is 2.24 bits per heavy atom. The Balaban J connectivity index is 1.97. The summed E-state index contributed by atoms with van der Waals surface area (Å²) in [5, 5.41) is 0. The number of rotatable bonds is 7. The second kappa shape index (κ2) is 7.64. The molecule has 0 bridgehead atoms. The van der Waals surface area contributed by atoms with E-state index in [0.29, 0.717) is 5.75 Å². The van der Waals surface area contributed by atoms with Crippen molar-refractivity contribution in [2.45, 2.75) is 32.7 Å². The number of pyridine rings is 1. The normalized spacial score (nSPS) is 12.0. The molecule has 0 fully saturated rings. The Hall–Kier alpha value is -2.07. The zero-order valence-electron chi connectivity index (χ0n) is 12.6. The van der Waals surface area contributed by atoms with Crippen molar-refractivity contribution in [2.24, 2.45) is 5.73 Å². The third kappa shape index (κ3) is 4.46. The summed E-state index contributed by atoms with van der Waals surface area (Å²) in [5.74, 6) is 2.31. The van der Waals surface area contributed by atoms with Gasteiger partial charge in [-0.05, 0) is 49.2 Å². The largest absolute Gasteiger partial charge is 0.494 e. The summed E-state index contributed by atoms with van der Waals surface area (Å²) < 4.78 is 11.3. The third-order valence-corrected chi connectivity index (χ3v) is 3.11. The quantitative estimate of drug-likeness (QED) is 0.833. The van der Waals surface area contributed by atoms with E-state index in [1.54, 1.807) is 6.20 Å². The molecule has 1 atom stereocenters. The molecule has 1 unspecified atom stereocenters. The minimum atomic E-state index is -0.0194. The highest BCUT2D eigenvalue weighted by atomic mass is 16.5. The maximum Gasteiger partial charge on any atom is 0.145 e. The maximum absolute atomic E-state index is 5.94. The predicted octanol–water partition coefficient (Wildman–Crippen LogP) is 4.07. The van der Waals surface area contributed by atoms with Crippen LogP contribution in [-0.2, 0) is 0 Å². The molecule has 21 heavy (non-hydrogen) atoms. The molecule has 1 heterocycles. The first-order valence-electron chi connectivity index (χ1n) is 7.35. The van der Waals surface area contributed by atoms with E-state index < -0.39 is 0 Å². The zero-order valence-corrected chi connectivity index (χ0v) is 12.6. The molecule has 1 aromatic heterocycles. The Labute approximate surface area is 125 Å². The van der Waals surface area contributed by atoms with Crippen molar-refractivity contribution in [2.75, 3.05) is 6.61 Å². The fourth-order valence-corrected chi connectivity index (χ4v) is 1.84. The van der Waals surface area contributed by atoms with Gasteiger partial charge in [0.25, 0.3) is 0 Å². The summed E-state index contributed by atoms with van der Waals surface area (Å²) in [6, 6.07) is 11.4. The average Bonchev–Trinajstić information content (AvgIpc) is 2.54. The van der Waals surface area contributed by atoms with E-state index in [1.165, 1.54) is 0 Å². The number of ether oxygens (including phenoxy) is 2. The van der Waals surface area contributed by atoms with Gasteiger partial charge < -0.3 is 15.2 Å². The topological polar surface area (TPSA) is 57.4 Å². The van der Waals surface area contributed by atoms with Gasteiger partial charge >= 0.3 is 0 Å². The van der Waals surface area contributed by atoms with Crippen LogP contribution in [0.25, 0.3) is 0 Å². The first kappa shape index (κ1) is 15.3. The molecule has 0 aliphatic carbocycles. The van der Waals surface area contributed by atoms with Gasteiger partial charge in [0.1, 0.15) is 17.2 Å². The summed E-state index contributed by atoms with van der Waals surface area (Å²) in [7, 11) is 0. The maximum atomic E-state index is 5.94. The second-order valence-corrected chi connectivity index (χ2v) is 4.86. The lowest BCUT2D eigenvalue weighted by Gasteiger charge is -2.10. The molecular formula is C17H22N2O2. The zero-order chi connectivity index (χ0) is 15.1. The molecule has 0 radical (unpaired) electrons. The first-order chi connectivity index (χ1) is 10.2. The smallest absolute Gasteiger partial charge is 0.145 e. The highest BCUT2D eigenvalue weighted by Gasteiger charge is 2.05. The molecule has 0 aliphatic heterocycles. The van der Waals surface area contributed by atoms with Gasteiger partial charge in [0.2, 0.25) is 0 Å². The van der Waals surface area contributed by atoms with Crippen molar-refractivity contribution in [3.8, 4) is 17.2 Å². The van der Waals surface area contributed by atoms with Crippen LogP contribution < -0.4 is 15.2 Å². The van der Waals surface area contributed by atoms with Crippen molar-refractivity contribution >= 4 is 0 Å². The van der Waals surface area contributed by atoms with Crippen LogP contribution in [0.1, 0.15) is 38.4 Å². The lowest BCUT2D eigenvalue weighted by atomic mass is 10.1. The predicted molar refractivity (Wildman–Crippen MR) is 83.8 cm³/mol. The van der Waals surface area contributed by atoms with E-state index in [-0.39, 0.29) is 6.04 Å². The Morgan fingerprint density at radius 2 is 1.67 bits per heavy atom. The van der Waals surface area contributed by atoms with E-state index in [9.17, 15) is 0 Å². The number of nitrogens with two attached hydrogens (primary N) is 1. The monoisotopic (exact) mass is 286 g/mol.